The number of carbonyl (C=O) groups excluding carboxylic acids is 1. The topological polar surface area (TPSA) is 29.5 Å². The first kappa shape index (κ1) is 20.0. The maximum absolute atomic E-state index is 12.7. The fraction of sp³-hybridized carbons (Fsp3) is 0.115. The minimum atomic E-state index is -0.141. The SMILES string of the molecule is O=C1CS[C@@H](c2ccccc2OCc2cccc3ccccc23)N1c1ccc(Cl)cc1. The lowest BCUT2D eigenvalue weighted by Crippen LogP contribution is -2.28. The standard InChI is InChI=1S/C26H20ClNO2S/c27-20-12-14-21(15-13-20)28-25(29)17-31-26(28)23-10-3-4-11-24(23)30-16-19-8-5-7-18-6-1-2-9-22(18)19/h1-15,26H,16-17H2/t26-/m0/s1. The summed E-state index contributed by atoms with van der Waals surface area (Å²) in [5.41, 5.74) is 2.97. The molecular formula is C26H20ClNO2S. The van der Waals surface area contributed by atoms with Crippen LogP contribution in [-0.4, -0.2) is 11.7 Å². The van der Waals surface area contributed by atoms with Gasteiger partial charge in [0.15, 0.2) is 0 Å². The van der Waals surface area contributed by atoms with Crippen LogP contribution in [0.2, 0.25) is 5.02 Å². The monoisotopic (exact) mass is 445 g/mol. The van der Waals surface area contributed by atoms with Crippen LogP contribution in [0.1, 0.15) is 16.5 Å². The molecule has 154 valence electrons. The highest BCUT2D eigenvalue weighted by molar-refractivity contribution is 8.00. The van der Waals surface area contributed by atoms with E-state index in [1.54, 1.807) is 11.8 Å². The minimum absolute atomic E-state index is 0.0844. The van der Waals surface area contributed by atoms with Crippen molar-refractivity contribution >= 4 is 45.7 Å². The predicted octanol–water partition coefficient (Wildman–Crippen LogP) is 6.85. The highest BCUT2D eigenvalue weighted by atomic mass is 35.5. The second kappa shape index (κ2) is 8.66. The van der Waals surface area contributed by atoms with Gasteiger partial charge in [0, 0.05) is 16.3 Å². The first-order valence-electron chi connectivity index (χ1n) is 10.1. The normalized spacial score (nSPS) is 16.1. The highest BCUT2D eigenvalue weighted by Gasteiger charge is 2.35. The van der Waals surface area contributed by atoms with E-state index >= 15 is 0 Å². The second-order valence-corrected chi connectivity index (χ2v) is 8.87. The maximum Gasteiger partial charge on any atom is 0.238 e. The van der Waals surface area contributed by atoms with Crippen LogP contribution >= 0.6 is 23.4 Å². The molecule has 4 aromatic carbocycles. The summed E-state index contributed by atoms with van der Waals surface area (Å²) in [5.74, 6) is 1.31. The second-order valence-electron chi connectivity index (χ2n) is 7.37. The number of anilines is 1. The van der Waals surface area contributed by atoms with Crippen molar-refractivity contribution in [2.24, 2.45) is 0 Å². The third-order valence-corrected chi connectivity index (χ3v) is 6.87. The molecule has 5 rings (SSSR count). The summed E-state index contributed by atoms with van der Waals surface area (Å²) in [6, 6.07) is 30.0. The Hall–Kier alpha value is -2.95. The van der Waals surface area contributed by atoms with Crippen LogP contribution in [0.15, 0.2) is 91.0 Å². The molecule has 0 unspecified atom stereocenters. The van der Waals surface area contributed by atoms with E-state index in [0.717, 1.165) is 22.6 Å². The van der Waals surface area contributed by atoms with Crippen LogP contribution in [-0.2, 0) is 11.4 Å². The number of carbonyl (C=O) groups is 1. The minimum Gasteiger partial charge on any atom is -0.488 e. The zero-order valence-corrected chi connectivity index (χ0v) is 18.3. The van der Waals surface area contributed by atoms with Crippen molar-refractivity contribution in [3.05, 3.63) is 107 Å². The van der Waals surface area contributed by atoms with Crippen molar-refractivity contribution < 1.29 is 9.53 Å². The van der Waals surface area contributed by atoms with Crippen molar-refractivity contribution in [1.29, 1.82) is 0 Å². The number of benzene rings is 4. The molecule has 3 nitrogen and oxygen atoms in total. The Labute approximate surface area is 190 Å². The lowest BCUT2D eigenvalue weighted by atomic mass is 10.1. The zero-order chi connectivity index (χ0) is 21.2. The average molecular weight is 446 g/mol. The van der Waals surface area contributed by atoms with Gasteiger partial charge < -0.3 is 4.74 Å². The number of ether oxygens (including phenoxy) is 1. The first-order valence-corrected chi connectivity index (χ1v) is 11.5. The number of nitrogens with zero attached hydrogens (tertiary/aromatic N) is 1. The lowest BCUT2D eigenvalue weighted by Gasteiger charge is -2.26. The van der Waals surface area contributed by atoms with E-state index in [9.17, 15) is 4.79 Å². The van der Waals surface area contributed by atoms with Crippen LogP contribution in [0.25, 0.3) is 10.8 Å². The molecule has 1 fully saturated rings. The van der Waals surface area contributed by atoms with E-state index in [-0.39, 0.29) is 11.3 Å². The number of halogens is 1. The van der Waals surface area contributed by atoms with E-state index in [1.807, 2.05) is 65.6 Å². The molecule has 1 atom stereocenters. The van der Waals surface area contributed by atoms with Gasteiger partial charge in [-0.25, -0.2) is 0 Å². The smallest absolute Gasteiger partial charge is 0.238 e. The number of thioether (sulfide) groups is 1. The molecule has 5 heteroatoms. The fourth-order valence-electron chi connectivity index (χ4n) is 3.92. The number of hydrogen-bond acceptors (Lipinski definition) is 3. The van der Waals surface area contributed by atoms with Crippen molar-refractivity contribution in [1.82, 2.24) is 0 Å². The average Bonchev–Trinajstić information content (AvgIpc) is 3.19. The van der Waals surface area contributed by atoms with Gasteiger partial charge in [0.1, 0.15) is 17.7 Å². The molecule has 0 saturated carbocycles. The van der Waals surface area contributed by atoms with Crippen LogP contribution in [0.4, 0.5) is 5.69 Å². The third kappa shape index (κ3) is 4.01. The maximum atomic E-state index is 12.7. The summed E-state index contributed by atoms with van der Waals surface area (Å²) in [7, 11) is 0. The van der Waals surface area contributed by atoms with Crippen molar-refractivity contribution in [3.63, 3.8) is 0 Å². The van der Waals surface area contributed by atoms with E-state index in [1.165, 1.54) is 10.8 Å². The Kier molecular flexibility index (Phi) is 5.58. The van der Waals surface area contributed by atoms with Gasteiger partial charge in [-0.15, -0.1) is 11.8 Å². The van der Waals surface area contributed by atoms with E-state index in [4.69, 9.17) is 16.3 Å². The molecule has 0 radical (unpaired) electrons. The molecule has 0 aliphatic carbocycles. The predicted molar refractivity (Wildman–Crippen MR) is 129 cm³/mol. The van der Waals surface area contributed by atoms with Crippen LogP contribution in [0, 0.1) is 0 Å². The summed E-state index contributed by atoms with van der Waals surface area (Å²) >= 11 is 7.66. The van der Waals surface area contributed by atoms with Crippen LogP contribution < -0.4 is 9.64 Å². The highest BCUT2D eigenvalue weighted by Crippen LogP contribution is 2.45. The van der Waals surface area contributed by atoms with Crippen LogP contribution in [0.3, 0.4) is 0 Å². The molecule has 1 heterocycles. The summed E-state index contributed by atoms with van der Waals surface area (Å²) in [5, 5.41) is 2.90. The molecule has 0 bridgehead atoms. The summed E-state index contributed by atoms with van der Waals surface area (Å²) in [4.78, 5) is 14.5. The first-order chi connectivity index (χ1) is 15.2. The number of hydrogen-bond donors (Lipinski definition) is 0. The largest absolute Gasteiger partial charge is 0.488 e. The molecule has 0 spiro atoms. The van der Waals surface area contributed by atoms with Gasteiger partial charge in [0.2, 0.25) is 5.91 Å². The summed E-state index contributed by atoms with van der Waals surface area (Å²) in [6.45, 7) is 0.463. The lowest BCUT2D eigenvalue weighted by molar-refractivity contribution is -0.115. The molecule has 0 N–H and O–H groups in total. The van der Waals surface area contributed by atoms with Gasteiger partial charge >= 0.3 is 0 Å². The summed E-state index contributed by atoms with van der Waals surface area (Å²) in [6.07, 6.45) is 0. The molecular weight excluding hydrogens is 426 g/mol. The van der Waals surface area contributed by atoms with Gasteiger partial charge in [-0.1, -0.05) is 72.3 Å². The zero-order valence-electron chi connectivity index (χ0n) is 16.7. The van der Waals surface area contributed by atoms with Gasteiger partial charge in [0.05, 0.1) is 5.75 Å². The van der Waals surface area contributed by atoms with E-state index in [2.05, 4.69) is 30.3 Å². The van der Waals surface area contributed by atoms with Crippen molar-refractivity contribution in [3.8, 4) is 5.75 Å². The Morgan fingerprint density at radius 3 is 2.52 bits per heavy atom. The molecule has 4 aromatic rings. The Morgan fingerprint density at radius 1 is 0.903 bits per heavy atom. The van der Waals surface area contributed by atoms with Crippen molar-refractivity contribution in [2.75, 3.05) is 10.7 Å². The molecule has 1 aliphatic rings. The third-order valence-electron chi connectivity index (χ3n) is 5.42. The number of fused-ring (bicyclic) bond motifs is 1. The van der Waals surface area contributed by atoms with Gasteiger partial charge in [-0.3, -0.25) is 9.69 Å². The number of para-hydroxylation sites is 1. The van der Waals surface area contributed by atoms with E-state index in [0.29, 0.717) is 17.4 Å². The number of amides is 1. The Morgan fingerprint density at radius 2 is 1.65 bits per heavy atom. The molecule has 31 heavy (non-hydrogen) atoms. The molecule has 1 aliphatic heterocycles. The molecule has 0 aromatic heterocycles. The van der Waals surface area contributed by atoms with Gasteiger partial charge in [0.25, 0.3) is 0 Å². The van der Waals surface area contributed by atoms with Crippen molar-refractivity contribution in [2.45, 2.75) is 12.0 Å². The van der Waals surface area contributed by atoms with E-state index < -0.39 is 0 Å². The quantitative estimate of drug-likeness (QED) is 0.336. The van der Waals surface area contributed by atoms with Gasteiger partial charge in [-0.2, -0.15) is 0 Å². The Balaban J connectivity index is 1.45. The van der Waals surface area contributed by atoms with Gasteiger partial charge in [-0.05, 0) is 46.7 Å². The fourth-order valence-corrected chi connectivity index (χ4v) is 5.25. The summed E-state index contributed by atoms with van der Waals surface area (Å²) < 4.78 is 6.31. The number of rotatable bonds is 5. The molecule has 1 amide bonds. The van der Waals surface area contributed by atoms with Crippen LogP contribution in [0.5, 0.6) is 5.75 Å². The Bertz CT molecular complexity index is 1240. The molecule has 1 saturated heterocycles.